The van der Waals surface area contributed by atoms with Gasteiger partial charge >= 0.3 is 12.2 Å². The number of non-ortho nitro benzene ring substituents is 1. The second kappa shape index (κ2) is 3.65. The highest BCUT2D eigenvalue weighted by molar-refractivity contribution is 5.78. The lowest BCUT2D eigenvalue weighted by Crippen LogP contribution is -2.22. The zero-order valence-electron chi connectivity index (χ0n) is 8.63. The van der Waals surface area contributed by atoms with Crippen LogP contribution in [0.3, 0.4) is 0 Å². The van der Waals surface area contributed by atoms with Crippen molar-refractivity contribution in [1.82, 2.24) is 9.13 Å². The van der Waals surface area contributed by atoms with Crippen molar-refractivity contribution in [3.63, 3.8) is 0 Å². The lowest BCUT2D eigenvalue weighted by atomic mass is 10.3. The van der Waals surface area contributed by atoms with E-state index in [0.29, 0.717) is 0 Å². The van der Waals surface area contributed by atoms with Crippen molar-refractivity contribution in [2.45, 2.75) is 6.55 Å². The SMILES string of the molecule is Cn1c(=O)n(C(F)F)c2cc([N+](=O)[O-])ccc21. The third-order valence-electron chi connectivity index (χ3n) is 2.48. The van der Waals surface area contributed by atoms with Crippen LogP contribution in [-0.4, -0.2) is 14.1 Å². The monoisotopic (exact) mass is 243 g/mol. The molecule has 0 N–H and O–H groups in total. The maximum atomic E-state index is 12.7. The molecule has 0 aliphatic carbocycles. The fourth-order valence-corrected chi connectivity index (χ4v) is 1.66. The molecule has 0 saturated heterocycles. The summed E-state index contributed by atoms with van der Waals surface area (Å²) < 4.78 is 26.6. The molecule has 8 heteroatoms. The Hall–Kier alpha value is -2.25. The minimum atomic E-state index is -3.03. The predicted molar refractivity (Wildman–Crippen MR) is 55.1 cm³/mol. The number of imidazole rings is 1. The summed E-state index contributed by atoms with van der Waals surface area (Å²) in [6.07, 6.45) is 0. The highest BCUT2D eigenvalue weighted by Crippen LogP contribution is 2.23. The zero-order chi connectivity index (χ0) is 12.7. The van der Waals surface area contributed by atoms with Crippen molar-refractivity contribution in [1.29, 1.82) is 0 Å². The molecule has 0 amide bonds. The van der Waals surface area contributed by atoms with Crippen LogP contribution in [0.15, 0.2) is 23.0 Å². The standard InChI is InChI=1S/C9H7F2N3O3/c1-12-6-3-2-5(14(16)17)4-7(6)13(8(10)11)9(12)15/h2-4,8H,1H3. The summed E-state index contributed by atoms with van der Waals surface area (Å²) in [5, 5.41) is 10.5. The zero-order valence-corrected chi connectivity index (χ0v) is 8.63. The van der Waals surface area contributed by atoms with E-state index in [1.54, 1.807) is 0 Å². The number of nitro benzene ring substituents is 1. The van der Waals surface area contributed by atoms with E-state index < -0.39 is 17.2 Å². The van der Waals surface area contributed by atoms with Crippen LogP contribution in [-0.2, 0) is 7.05 Å². The predicted octanol–water partition coefficient (Wildman–Crippen LogP) is 1.64. The topological polar surface area (TPSA) is 70.1 Å². The molecule has 0 bridgehead atoms. The minimum absolute atomic E-state index is 0.151. The molecule has 0 unspecified atom stereocenters. The first kappa shape index (κ1) is 11.2. The van der Waals surface area contributed by atoms with Crippen molar-refractivity contribution in [2.24, 2.45) is 7.05 Å². The molecule has 1 aromatic heterocycles. The fourth-order valence-electron chi connectivity index (χ4n) is 1.66. The van der Waals surface area contributed by atoms with E-state index >= 15 is 0 Å². The molecule has 1 aromatic carbocycles. The number of nitro groups is 1. The number of rotatable bonds is 2. The third kappa shape index (κ3) is 1.57. The van der Waals surface area contributed by atoms with Crippen LogP contribution < -0.4 is 5.69 Å². The summed E-state index contributed by atoms with van der Waals surface area (Å²) >= 11 is 0. The first-order valence-corrected chi connectivity index (χ1v) is 4.57. The van der Waals surface area contributed by atoms with Gasteiger partial charge in [-0.2, -0.15) is 8.78 Å². The quantitative estimate of drug-likeness (QED) is 0.594. The maximum Gasteiger partial charge on any atom is 0.333 e. The van der Waals surface area contributed by atoms with Crippen LogP contribution in [0.4, 0.5) is 14.5 Å². The molecule has 0 atom stereocenters. The molecule has 0 aliphatic rings. The summed E-state index contributed by atoms with van der Waals surface area (Å²) in [5.74, 6) is 0. The van der Waals surface area contributed by atoms with Crippen LogP contribution in [0.1, 0.15) is 6.55 Å². The van der Waals surface area contributed by atoms with E-state index in [1.165, 1.54) is 13.1 Å². The van der Waals surface area contributed by atoms with Crippen LogP contribution in [0, 0.1) is 10.1 Å². The summed E-state index contributed by atoms with van der Waals surface area (Å²) in [5.41, 5.74) is -1.17. The molecule has 0 radical (unpaired) electrons. The molecule has 90 valence electrons. The average Bonchev–Trinajstić information content (AvgIpc) is 2.51. The Morgan fingerprint density at radius 2 is 2.00 bits per heavy atom. The number of fused-ring (bicyclic) bond motifs is 1. The summed E-state index contributed by atoms with van der Waals surface area (Å²) in [6, 6.07) is 3.40. The van der Waals surface area contributed by atoms with Gasteiger partial charge in [0.25, 0.3) is 5.69 Å². The minimum Gasteiger partial charge on any atom is -0.295 e. The summed E-state index contributed by atoms with van der Waals surface area (Å²) in [6.45, 7) is -3.03. The molecule has 2 aromatic rings. The number of halogens is 2. The molecule has 2 rings (SSSR count). The van der Waals surface area contributed by atoms with Crippen LogP contribution in [0.25, 0.3) is 11.0 Å². The van der Waals surface area contributed by atoms with Crippen LogP contribution in [0.5, 0.6) is 0 Å². The van der Waals surface area contributed by atoms with Gasteiger partial charge in [-0.3, -0.25) is 14.7 Å². The Labute approximate surface area is 92.8 Å². The van der Waals surface area contributed by atoms with E-state index in [1.807, 2.05) is 0 Å². The van der Waals surface area contributed by atoms with Crippen molar-refractivity contribution in [3.8, 4) is 0 Å². The van der Waals surface area contributed by atoms with Gasteiger partial charge in [0, 0.05) is 19.2 Å². The van der Waals surface area contributed by atoms with E-state index in [9.17, 15) is 23.7 Å². The molecule has 0 aliphatic heterocycles. The first-order valence-electron chi connectivity index (χ1n) is 4.57. The lowest BCUT2D eigenvalue weighted by Gasteiger charge is -1.99. The number of hydrogen-bond donors (Lipinski definition) is 0. The van der Waals surface area contributed by atoms with Crippen molar-refractivity contribution < 1.29 is 13.7 Å². The molecular formula is C9H7F2N3O3. The Balaban J connectivity index is 2.88. The summed E-state index contributed by atoms with van der Waals surface area (Å²) in [7, 11) is 1.33. The number of nitrogens with zero attached hydrogens (tertiary/aromatic N) is 3. The van der Waals surface area contributed by atoms with Gasteiger partial charge in [0.05, 0.1) is 16.0 Å². The van der Waals surface area contributed by atoms with Crippen molar-refractivity contribution in [2.75, 3.05) is 0 Å². The number of hydrogen-bond acceptors (Lipinski definition) is 3. The Morgan fingerprint density at radius 3 is 2.53 bits per heavy atom. The van der Waals surface area contributed by atoms with Gasteiger partial charge < -0.3 is 0 Å². The summed E-state index contributed by atoms with van der Waals surface area (Å²) in [4.78, 5) is 21.3. The fraction of sp³-hybridized carbons (Fsp3) is 0.222. The van der Waals surface area contributed by atoms with E-state index in [-0.39, 0.29) is 21.3 Å². The molecule has 6 nitrogen and oxygen atoms in total. The van der Waals surface area contributed by atoms with Crippen LogP contribution in [0.2, 0.25) is 0 Å². The van der Waals surface area contributed by atoms with Gasteiger partial charge in [-0.05, 0) is 6.07 Å². The van der Waals surface area contributed by atoms with Gasteiger partial charge in [0.2, 0.25) is 0 Å². The average molecular weight is 243 g/mol. The molecular weight excluding hydrogens is 236 g/mol. The van der Waals surface area contributed by atoms with Crippen LogP contribution >= 0.6 is 0 Å². The van der Waals surface area contributed by atoms with E-state index in [4.69, 9.17) is 0 Å². The number of alkyl halides is 2. The second-order valence-electron chi connectivity index (χ2n) is 3.42. The highest BCUT2D eigenvalue weighted by atomic mass is 19.3. The second-order valence-corrected chi connectivity index (χ2v) is 3.42. The Morgan fingerprint density at radius 1 is 1.35 bits per heavy atom. The third-order valence-corrected chi connectivity index (χ3v) is 2.48. The smallest absolute Gasteiger partial charge is 0.295 e. The van der Waals surface area contributed by atoms with E-state index in [0.717, 1.165) is 16.7 Å². The molecule has 0 spiro atoms. The van der Waals surface area contributed by atoms with Gasteiger partial charge in [0.1, 0.15) is 0 Å². The Bertz CT molecular complexity index is 659. The Kier molecular flexibility index (Phi) is 2.41. The lowest BCUT2D eigenvalue weighted by molar-refractivity contribution is -0.384. The highest BCUT2D eigenvalue weighted by Gasteiger charge is 2.19. The largest absolute Gasteiger partial charge is 0.333 e. The van der Waals surface area contributed by atoms with Gasteiger partial charge in [-0.15, -0.1) is 0 Å². The maximum absolute atomic E-state index is 12.7. The van der Waals surface area contributed by atoms with Crippen molar-refractivity contribution in [3.05, 3.63) is 38.8 Å². The molecule has 0 saturated carbocycles. The van der Waals surface area contributed by atoms with Gasteiger partial charge in [0.15, 0.2) is 0 Å². The number of benzene rings is 1. The first-order chi connectivity index (χ1) is 7.93. The van der Waals surface area contributed by atoms with Gasteiger partial charge in [-0.1, -0.05) is 0 Å². The molecule has 17 heavy (non-hydrogen) atoms. The van der Waals surface area contributed by atoms with Crippen molar-refractivity contribution >= 4 is 16.7 Å². The van der Waals surface area contributed by atoms with E-state index in [2.05, 4.69) is 0 Å². The normalized spacial score (nSPS) is 11.3. The molecule has 0 fully saturated rings. The number of aryl methyl sites for hydroxylation is 1. The van der Waals surface area contributed by atoms with Gasteiger partial charge in [-0.25, -0.2) is 9.36 Å². The molecule has 1 heterocycles. The number of aromatic nitrogens is 2.